The molecule has 0 bridgehead atoms. The van der Waals surface area contributed by atoms with Crippen LogP contribution in [0.5, 0.6) is 11.5 Å². The summed E-state index contributed by atoms with van der Waals surface area (Å²) in [5, 5.41) is 1.88. The molecule has 1 aliphatic carbocycles. The topological polar surface area (TPSA) is 56.1 Å². The number of hydrogen-bond acceptors (Lipinski definition) is 5. The van der Waals surface area contributed by atoms with Crippen LogP contribution in [0.2, 0.25) is 0 Å². The van der Waals surface area contributed by atoms with Gasteiger partial charge in [-0.15, -0.1) is 0 Å². The summed E-state index contributed by atoms with van der Waals surface area (Å²) in [6, 6.07) is 26.0. The lowest BCUT2D eigenvalue weighted by atomic mass is 10.1. The normalized spacial score (nSPS) is 17.8. The third kappa shape index (κ3) is 5.00. The van der Waals surface area contributed by atoms with Gasteiger partial charge in [0, 0.05) is 28.7 Å². The van der Waals surface area contributed by atoms with Crippen molar-refractivity contribution in [1.82, 2.24) is 9.47 Å². The van der Waals surface area contributed by atoms with E-state index >= 15 is 0 Å². The zero-order chi connectivity index (χ0) is 25.2. The second-order valence-corrected chi connectivity index (χ2v) is 10.1. The molecule has 6 rings (SSSR count). The number of carbonyl (C=O) groups is 1. The van der Waals surface area contributed by atoms with E-state index in [0.717, 1.165) is 51.7 Å². The second-order valence-electron chi connectivity index (χ2n) is 9.07. The van der Waals surface area contributed by atoms with Crippen molar-refractivity contribution in [2.24, 2.45) is 4.99 Å². The number of hydrogen-bond donors (Lipinski definition) is 0. The number of nitrogens with zero attached hydrogens (tertiary/aromatic N) is 3. The molecule has 6 nitrogen and oxygen atoms in total. The van der Waals surface area contributed by atoms with Crippen molar-refractivity contribution in [1.29, 1.82) is 0 Å². The van der Waals surface area contributed by atoms with Gasteiger partial charge in [-0.1, -0.05) is 36.4 Å². The van der Waals surface area contributed by atoms with Gasteiger partial charge in [-0.25, -0.2) is 4.99 Å². The molecule has 1 aromatic heterocycles. The van der Waals surface area contributed by atoms with Gasteiger partial charge in [0.1, 0.15) is 18.1 Å². The smallest absolute Gasteiger partial charge is 0.267 e. The molecule has 2 heterocycles. The average molecular weight is 510 g/mol. The number of rotatable bonds is 8. The molecule has 0 N–H and O–H groups in total. The highest BCUT2D eigenvalue weighted by atomic mass is 32.2. The number of aromatic nitrogens is 1. The Balaban J connectivity index is 1.25. The number of thioether (sulfide) groups is 1. The van der Waals surface area contributed by atoms with Crippen LogP contribution in [-0.4, -0.2) is 40.3 Å². The first-order valence-electron chi connectivity index (χ1n) is 12.4. The molecule has 0 radical (unpaired) electrons. The van der Waals surface area contributed by atoms with Gasteiger partial charge in [-0.05, 0) is 73.1 Å². The first-order chi connectivity index (χ1) is 18.2. The number of amidine groups is 1. The Morgan fingerprint density at radius 3 is 2.46 bits per heavy atom. The van der Waals surface area contributed by atoms with E-state index in [1.165, 1.54) is 11.8 Å². The Labute approximate surface area is 220 Å². The molecular formula is C30H27N3O3S. The maximum Gasteiger partial charge on any atom is 0.267 e. The van der Waals surface area contributed by atoms with Crippen molar-refractivity contribution in [3.8, 4) is 11.5 Å². The Morgan fingerprint density at radius 1 is 0.973 bits per heavy atom. The number of amides is 1. The highest BCUT2D eigenvalue weighted by molar-refractivity contribution is 8.18. The maximum atomic E-state index is 13.4. The molecule has 2 aliphatic rings. The Hall–Kier alpha value is -3.97. The number of fused-ring (bicyclic) bond motifs is 1. The summed E-state index contributed by atoms with van der Waals surface area (Å²) < 4.78 is 13.4. The highest BCUT2D eigenvalue weighted by Crippen LogP contribution is 2.41. The molecule has 0 atom stereocenters. The molecule has 3 aromatic carbocycles. The van der Waals surface area contributed by atoms with Crippen LogP contribution in [0, 0.1) is 0 Å². The van der Waals surface area contributed by atoms with E-state index in [2.05, 4.69) is 22.9 Å². The van der Waals surface area contributed by atoms with Gasteiger partial charge in [-0.2, -0.15) is 0 Å². The van der Waals surface area contributed by atoms with Crippen molar-refractivity contribution < 1.29 is 14.3 Å². The molecule has 1 amide bonds. The predicted molar refractivity (Wildman–Crippen MR) is 149 cm³/mol. The molecule has 186 valence electrons. The van der Waals surface area contributed by atoms with E-state index < -0.39 is 0 Å². The molecule has 4 aromatic rings. The largest absolute Gasteiger partial charge is 0.497 e. The van der Waals surface area contributed by atoms with Gasteiger partial charge in [0.15, 0.2) is 5.17 Å². The zero-order valence-corrected chi connectivity index (χ0v) is 21.4. The van der Waals surface area contributed by atoms with Gasteiger partial charge < -0.3 is 14.0 Å². The molecule has 1 aliphatic heterocycles. The van der Waals surface area contributed by atoms with Gasteiger partial charge >= 0.3 is 0 Å². The predicted octanol–water partition coefficient (Wildman–Crippen LogP) is 6.50. The monoisotopic (exact) mass is 509 g/mol. The number of methoxy groups -OCH3 is 1. The van der Waals surface area contributed by atoms with Crippen LogP contribution in [0.15, 0.2) is 95.0 Å². The summed E-state index contributed by atoms with van der Waals surface area (Å²) in [4.78, 5) is 20.8. The number of carbonyl (C=O) groups excluding carboxylic acids is 1. The van der Waals surface area contributed by atoms with E-state index in [1.54, 1.807) is 7.11 Å². The van der Waals surface area contributed by atoms with E-state index in [1.807, 2.05) is 77.7 Å². The van der Waals surface area contributed by atoms with Crippen LogP contribution in [0.25, 0.3) is 17.0 Å². The quantitative estimate of drug-likeness (QED) is 0.255. The molecule has 0 spiro atoms. The SMILES string of the molecule is COc1ccc(OCCn2cc(/C=C3/SC(=Nc4ccccc4)N(C4CC4)C3=O)c3ccccc32)cc1. The van der Waals surface area contributed by atoms with Crippen molar-refractivity contribution in [3.63, 3.8) is 0 Å². The van der Waals surface area contributed by atoms with E-state index in [0.29, 0.717) is 18.1 Å². The van der Waals surface area contributed by atoms with Crippen LogP contribution in [0.3, 0.4) is 0 Å². The highest BCUT2D eigenvalue weighted by Gasteiger charge is 2.43. The molecule has 7 heteroatoms. The minimum Gasteiger partial charge on any atom is -0.497 e. The lowest BCUT2D eigenvalue weighted by Gasteiger charge is -2.13. The third-order valence-corrected chi connectivity index (χ3v) is 7.48. The van der Waals surface area contributed by atoms with Crippen LogP contribution in [0.4, 0.5) is 5.69 Å². The lowest BCUT2D eigenvalue weighted by molar-refractivity contribution is -0.122. The molecule has 37 heavy (non-hydrogen) atoms. The molecule has 2 fully saturated rings. The summed E-state index contributed by atoms with van der Waals surface area (Å²) in [6.45, 7) is 1.21. The summed E-state index contributed by atoms with van der Waals surface area (Å²) in [5.41, 5.74) is 2.99. The summed E-state index contributed by atoms with van der Waals surface area (Å²) in [7, 11) is 1.65. The number of benzene rings is 3. The standard InChI is InChI=1S/C30H27N3O3S/c1-35-24-13-15-25(16-14-24)36-18-17-32-20-21(26-9-5-6-10-27(26)32)19-28-29(34)33(23-11-12-23)30(37-28)31-22-7-3-2-4-8-22/h2-10,13-16,19-20,23H,11-12,17-18H2,1H3/b28-19+,31-30?. The summed E-state index contributed by atoms with van der Waals surface area (Å²) in [5.74, 6) is 1.65. The van der Waals surface area contributed by atoms with Crippen molar-refractivity contribution in [3.05, 3.63) is 95.5 Å². The molecule has 1 saturated heterocycles. The number of para-hydroxylation sites is 2. The Morgan fingerprint density at radius 2 is 1.70 bits per heavy atom. The van der Waals surface area contributed by atoms with E-state index in [4.69, 9.17) is 14.5 Å². The first-order valence-corrected chi connectivity index (χ1v) is 13.2. The van der Waals surface area contributed by atoms with Crippen LogP contribution >= 0.6 is 11.8 Å². The maximum absolute atomic E-state index is 13.4. The van der Waals surface area contributed by atoms with Gasteiger partial charge in [-0.3, -0.25) is 9.69 Å². The summed E-state index contributed by atoms with van der Waals surface area (Å²) in [6.07, 6.45) is 6.18. The minimum atomic E-state index is 0.0434. The lowest BCUT2D eigenvalue weighted by Crippen LogP contribution is -2.31. The third-order valence-electron chi connectivity index (χ3n) is 6.50. The molecular weight excluding hydrogens is 482 g/mol. The first kappa shape index (κ1) is 23.4. The van der Waals surface area contributed by atoms with Crippen molar-refractivity contribution >= 4 is 45.5 Å². The molecule has 0 unspecified atom stereocenters. The van der Waals surface area contributed by atoms with Crippen molar-refractivity contribution in [2.45, 2.75) is 25.4 Å². The Kier molecular flexibility index (Phi) is 6.45. The Bertz CT molecular complexity index is 1490. The number of ether oxygens (including phenoxy) is 2. The fourth-order valence-corrected chi connectivity index (χ4v) is 5.53. The van der Waals surface area contributed by atoms with Crippen molar-refractivity contribution in [2.75, 3.05) is 13.7 Å². The summed E-state index contributed by atoms with van der Waals surface area (Å²) >= 11 is 1.46. The fraction of sp³-hybridized carbons (Fsp3) is 0.200. The molecule has 1 saturated carbocycles. The second kappa shape index (κ2) is 10.2. The minimum absolute atomic E-state index is 0.0434. The van der Waals surface area contributed by atoms with Gasteiger partial charge in [0.2, 0.25) is 0 Å². The van der Waals surface area contributed by atoms with Crippen LogP contribution in [-0.2, 0) is 11.3 Å². The van der Waals surface area contributed by atoms with Gasteiger partial charge in [0.25, 0.3) is 5.91 Å². The number of aliphatic imine (C=N–C) groups is 1. The van der Waals surface area contributed by atoms with Crippen LogP contribution in [0.1, 0.15) is 18.4 Å². The van der Waals surface area contributed by atoms with Gasteiger partial charge in [0.05, 0.1) is 24.2 Å². The zero-order valence-electron chi connectivity index (χ0n) is 20.5. The van der Waals surface area contributed by atoms with E-state index in [9.17, 15) is 4.79 Å². The fourth-order valence-electron chi connectivity index (χ4n) is 4.48. The average Bonchev–Trinajstić information content (AvgIpc) is 3.65. The van der Waals surface area contributed by atoms with Crippen LogP contribution < -0.4 is 9.47 Å². The van der Waals surface area contributed by atoms with E-state index in [-0.39, 0.29) is 11.9 Å².